The highest BCUT2D eigenvalue weighted by Crippen LogP contribution is 2.28. The summed E-state index contributed by atoms with van der Waals surface area (Å²) in [7, 11) is 0. The van der Waals surface area contributed by atoms with Crippen LogP contribution in [0.4, 0.5) is 10.2 Å². The van der Waals surface area contributed by atoms with Gasteiger partial charge in [-0.25, -0.2) is 9.37 Å². The van der Waals surface area contributed by atoms with Crippen LogP contribution in [0.15, 0.2) is 12.3 Å². The van der Waals surface area contributed by atoms with Crippen molar-refractivity contribution in [2.45, 2.75) is 18.8 Å². The fourth-order valence-corrected chi connectivity index (χ4v) is 2.74. The van der Waals surface area contributed by atoms with Gasteiger partial charge in [0.2, 0.25) is 11.8 Å². The van der Waals surface area contributed by atoms with E-state index in [2.05, 4.69) is 15.6 Å². The Hall–Kier alpha value is -2.02. The highest BCUT2D eigenvalue weighted by Gasteiger charge is 2.30. The second-order valence-electron chi connectivity index (χ2n) is 5.30. The summed E-state index contributed by atoms with van der Waals surface area (Å²) < 4.78 is 14.3. The number of rotatable bonds is 2. The third-order valence-electron chi connectivity index (χ3n) is 3.92. The number of halogens is 1. The SMILES string of the molecule is O=C1CCC(c2cnc(N3CCNCC3)cc2F)C(=O)N1. The van der Waals surface area contributed by atoms with Gasteiger partial charge in [-0.2, -0.15) is 0 Å². The van der Waals surface area contributed by atoms with Crippen LogP contribution in [0.2, 0.25) is 0 Å². The van der Waals surface area contributed by atoms with Gasteiger partial charge >= 0.3 is 0 Å². The van der Waals surface area contributed by atoms with Crippen molar-refractivity contribution in [2.24, 2.45) is 0 Å². The van der Waals surface area contributed by atoms with Crippen LogP contribution in [0, 0.1) is 5.82 Å². The molecule has 0 aromatic carbocycles. The first-order valence-electron chi connectivity index (χ1n) is 7.10. The Morgan fingerprint density at radius 1 is 1.29 bits per heavy atom. The third kappa shape index (κ3) is 2.87. The van der Waals surface area contributed by atoms with E-state index in [9.17, 15) is 14.0 Å². The quantitative estimate of drug-likeness (QED) is 0.759. The molecule has 2 fully saturated rings. The molecule has 3 heterocycles. The molecule has 2 N–H and O–H groups in total. The molecular formula is C14H17FN4O2. The van der Waals surface area contributed by atoms with Gasteiger partial charge in [-0.15, -0.1) is 0 Å². The Balaban J connectivity index is 1.81. The van der Waals surface area contributed by atoms with E-state index >= 15 is 0 Å². The number of carbonyl (C=O) groups excluding carboxylic acids is 2. The van der Waals surface area contributed by atoms with Gasteiger partial charge in [-0.05, 0) is 6.42 Å². The molecule has 1 atom stereocenters. The number of piperidine rings is 1. The van der Waals surface area contributed by atoms with Gasteiger partial charge in [-0.1, -0.05) is 0 Å². The normalized spacial score (nSPS) is 23.1. The van der Waals surface area contributed by atoms with Crippen LogP contribution in [-0.4, -0.2) is 43.0 Å². The Bertz CT molecular complexity index is 572. The van der Waals surface area contributed by atoms with E-state index < -0.39 is 17.6 Å². The van der Waals surface area contributed by atoms with Crippen molar-refractivity contribution in [1.82, 2.24) is 15.6 Å². The standard InChI is InChI=1S/C14H17FN4O2/c15-11-7-12(19-5-3-16-4-6-19)17-8-10(11)9-1-2-13(20)18-14(9)21/h7-9,16H,1-6H2,(H,18,20,21). The molecule has 0 bridgehead atoms. The van der Waals surface area contributed by atoms with Crippen molar-refractivity contribution < 1.29 is 14.0 Å². The summed E-state index contributed by atoms with van der Waals surface area (Å²) in [6.45, 7) is 3.25. The first-order chi connectivity index (χ1) is 10.1. The minimum atomic E-state index is -0.632. The molecule has 3 rings (SSSR count). The predicted octanol–water partition coefficient (Wildman–Crippen LogP) is 0.150. The number of nitrogens with one attached hydrogen (secondary N) is 2. The van der Waals surface area contributed by atoms with Crippen molar-refractivity contribution >= 4 is 17.6 Å². The van der Waals surface area contributed by atoms with Crippen LogP contribution < -0.4 is 15.5 Å². The van der Waals surface area contributed by atoms with Gasteiger partial charge in [0.05, 0.1) is 5.92 Å². The fourth-order valence-electron chi connectivity index (χ4n) is 2.74. The molecule has 2 amide bonds. The summed E-state index contributed by atoms with van der Waals surface area (Å²) in [4.78, 5) is 29.2. The number of piperazine rings is 1. The first kappa shape index (κ1) is 13.9. The lowest BCUT2D eigenvalue weighted by Crippen LogP contribution is -2.44. The van der Waals surface area contributed by atoms with Crippen molar-refractivity contribution in [3.8, 4) is 0 Å². The summed E-state index contributed by atoms with van der Waals surface area (Å²) in [5.74, 6) is -1.23. The number of hydrogen-bond donors (Lipinski definition) is 2. The number of anilines is 1. The van der Waals surface area contributed by atoms with Crippen LogP contribution in [0.3, 0.4) is 0 Å². The molecule has 1 unspecified atom stereocenters. The van der Waals surface area contributed by atoms with E-state index in [1.807, 2.05) is 4.90 Å². The largest absolute Gasteiger partial charge is 0.354 e. The molecular weight excluding hydrogens is 275 g/mol. The van der Waals surface area contributed by atoms with E-state index in [1.165, 1.54) is 12.3 Å². The molecule has 1 aromatic rings. The predicted molar refractivity (Wildman–Crippen MR) is 74.4 cm³/mol. The summed E-state index contributed by atoms with van der Waals surface area (Å²) in [6.07, 6.45) is 1.98. The summed E-state index contributed by atoms with van der Waals surface area (Å²) in [6, 6.07) is 1.38. The second kappa shape index (κ2) is 5.77. The number of nitrogens with zero attached hydrogens (tertiary/aromatic N) is 2. The van der Waals surface area contributed by atoms with Gasteiger partial charge in [0.15, 0.2) is 0 Å². The van der Waals surface area contributed by atoms with Gasteiger partial charge in [-0.3, -0.25) is 14.9 Å². The number of aromatic nitrogens is 1. The van der Waals surface area contributed by atoms with Crippen molar-refractivity contribution in [3.05, 3.63) is 23.6 Å². The first-order valence-corrected chi connectivity index (χ1v) is 7.10. The van der Waals surface area contributed by atoms with E-state index in [0.717, 1.165) is 26.2 Å². The molecule has 7 heteroatoms. The molecule has 112 valence electrons. The molecule has 1 aromatic heterocycles. The average molecular weight is 292 g/mol. The highest BCUT2D eigenvalue weighted by atomic mass is 19.1. The maximum absolute atomic E-state index is 14.3. The van der Waals surface area contributed by atoms with Gasteiger partial charge in [0.1, 0.15) is 11.6 Å². The van der Waals surface area contributed by atoms with Crippen LogP contribution in [0.5, 0.6) is 0 Å². The van der Waals surface area contributed by atoms with Gasteiger partial charge in [0.25, 0.3) is 0 Å². The summed E-state index contributed by atoms with van der Waals surface area (Å²) in [5.41, 5.74) is 0.263. The molecule has 6 nitrogen and oxygen atoms in total. The lowest BCUT2D eigenvalue weighted by atomic mass is 9.91. The average Bonchev–Trinajstić information content (AvgIpc) is 2.49. The lowest BCUT2D eigenvalue weighted by Gasteiger charge is -2.29. The van der Waals surface area contributed by atoms with Crippen molar-refractivity contribution in [1.29, 1.82) is 0 Å². The van der Waals surface area contributed by atoms with E-state index in [0.29, 0.717) is 12.2 Å². The molecule has 2 aliphatic heterocycles. The highest BCUT2D eigenvalue weighted by molar-refractivity contribution is 6.00. The van der Waals surface area contributed by atoms with Gasteiger partial charge in [0, 0.05) is 50.4 Å². The zero-order chi connectivity index (χ0) is 14.8. The number of carbonyl (C=O) groups is 2. The Morgan fingerprint density at radius 3 is 2.71 bits per heavy atom. The van der Waals surface area contributed by atoms with Crippen LogP contribution >= 0.6 is 0 Å². The van der Waals surface area contributed by atoms with Crippen LogP contribution in [-0.2, 0) is 9.59 Å². The Labute approximate surface area is 121 Å². The zero-order valence-corrected chi connectivity index (χ0v) is 11.6. The molecule has 0 aliphatic carbocycles. The molecule has 0 spiro atoms. The molecule has 0 saturated carbocycles. The molecule has 2 saturated heterocycles. The zero-order valence-electron chi connectivity index (χ0n) is 11.6. The lowest BCUT2D eigenvalue weighted by molar-refractivity contribution is -0.134. The monoisotopic (exact) mass is 292 g/mol. The van der Waals surface area contributed by atoms with Crippen molar-refractivity contribution in [2.75, 3.05) is 31.1 Å². The smallest absolute Gasteiger partial charge is 0.234 e. The number of hydrogen-bond acceptors (Lipinski definition) is 5. The summed E-state index contributed by atoms with van der Waals surface area (Å²) >= 11 is 0. The maximum Gasteiger partial charge on any atom is 0.234 e. The maximum atomic E-state index is 14.3. The molecule has 21 heavy (non-hydrogen) atoms. The molecule has 2 aliphatic rings. The molecule has 0 radical (unpaired) electrons. The topological polar surface area (TPSA) is 74.3 Å². The van der Waals surface area contributed by atoms with E-state index in [1.54, 1.807) is 0 Å². The van der Waals surface area contributed by atoms with Crippen LogP contribution in [0.1, 0.15) is 24.3 Å². The van der Waals surface area contributed by atoms with Gasteiger partial charge < -0.3 is 10.2 Å². The number of imide groups is 1. The van der Waals surface area contributed by atoms with E-state index in [4.69, 9.17) is 0 Å². The van der Waals surface area contributed by atoms with Crippen LogP contribution in [0.25, 0.3) is 0 Å². The van der Waals surface area contributed by atoms with Crippen molar-refractivity contribution in [3.63, 3.8) is 0 Å². The van der Waals surface area contributed by atoms with E-state index in [-0.39, 0.29) is 17.9 Å². The second-order valence-corrected chi connectivity index (χ2v) is 5.30. The number of pyridine rings is 1. The Kier molecular flexibility index (Phi) is 3.83. The fraction of sp³-hybridized carbons (Fsp3) is 0.500. The number of amides is 2. The minimum absolute atomic E-state index is 0.232. The minimum Gasteiger partial charge on any atom is -0.354 e. The Morgan fingerprint density at radius 2 is 2.05 bits per heavy atom. The third-order valence-corrected chi connectivity index (χ3v) is 3.92. The summed E-state index contributed by atoms with van der Waals surface area (Å²) in [5, 5.41) is 5.47.